The minimum Gasteiger partial charge on any atom is -0.234 e. The number of rotatable bonds is 1. The van der Waals surface area contributed by atoms with E-state index in [1.807, 2.05) is 0 Å². The molecule has 0 saturated carbocycles. The van der Waals surface area contributed by atoms with Crippen LogP contribution in [0.15, 0.2) is 17.9 Å². The Morgan fingerprint density at radius 2 is 2.50 bits per heavy atom. The second kappa shape index (κ2) is 2.63. The van der Waals surface area contributed by atoms with E-state index in [0.717, 1.165) is 10.2 Å². The van der Waals surface area contributed by atoms with Crippen LogP contribution in [-0.4, -0.2) is 16.2 Å². The largest absolute Gasteiger partial charge is 0.234 e. The topological polar surface area (TPSA) is 17.1 Å². The fourth-order valence-corrected chi connectivity index (χ4v) is 0.0417. The lowest BCUT2D eigenvalue weighted by Gasteiger charge is -1.68. The molecule has 0 fully saturated rings. The molecule has 0 aromatic carbocycles. The van der Waals surface area contributed by atoms with E-state index < -0.39 is 0 Å². The van der Waals surface area contributed by atoms with Crippen LogP contribution in [0.1, 0.15) is 0 Å². The van der Waals surface area contributed by atoms with Gasteiger partial charge in [0.05, 0.1) is 10.2 Å². The van der Waals surface area contributed by atoms with E-state index in [1.54, 1.807) is 5.94 Å². The molecular weight excluding hydrogens is 92.1 g/mol. The standard InChI is InChI=1S/C4H6OSi/c1-2-4(6)3-5/h2H,1H2,6H3. The van der Waals surface area contributed by atoms with Crippen LogP contribution >= 0.6 is 0 Å². The summed E-state index contributed by atoms with van der Waals surface area (Å²) in [7, 11) is 0.765. The van der Waals surface area contributed by atoms with E-state index >= 15 is 0 Å². The molecule has 0 radical (unpaired) electrons. The highest BCUT2D eigenvalue weighted by molar-refractivity contribution is 6.27. The molecule has 0 aliphatic heterocycles. The normalized spacial score (nSPS) is 6.67. The van der Waals surface area contributed by atoms with Crippen molar-refractivity contribution >= 4 is 16.2 Å². The van der Waals surface area contributed by atoms with Crippen LogP contribution in [0.2, 0.25) is 0 Å². The van der Waals surface area contributed by atoms with Gasteiger partial charge in [0.15, 0.2) is 0 Å². The monoisotopic (exact) mass is 98.0 g/mol. The molecule has 32 valence electrons. The van der Waals surface area contributed by atoms with Crippen LogP contribution in [0.3, 0.4) is 0 Å². The SMILES string of the molecule is C=CC([SiH3])=C=O. The third kappa shape index (κ3) is 1.70. The first kappa shape index (κ1) is 5.41. The lowest BCUT2D eigenvalue weighted by molar-refractivity contribution is 0.568. The second-order valence-corrected chi connectivity index (χ2v) is 2.07. The summed E-state index contributed by atoms with van der Waals surface area (Å²) in [6, 6.07) is 0. The van der Waals surface area contributed by atoms with Gasteiger partial charge in [-0.25, -0.2) is 4.79 Å². The molecule has 1 nitrogen and oxygen atoms in total. The van der Waals surface area contributed by atoms with E-state index in [9.17, 15) is 4.79 Å². The molecule has 0 aliphatic rings. The highest BCUT2D eigenvalue weighted by atomic mass is 28.1. The molecule has 2 heteroatoms. The first-order chi connectivity index (χ1) is 2.81. The molecule has 0 unspecified atom stereocenters. The number of allylic oxidation sites excluding steroid dienone is 2. The molecule has 0 rings (SSSR count). The van der Waals surface area contributed by atoms with Gasteiger partial charge < -0.3 is 0 Å². The van der Waals surface area contributed by atoms with Crippen molar-refractivity contribution in [2.45, 2.75) is 0 Å². The first-order valence-electron chi connectivity index (χ1n) is 1.65. The van der Waals surface area contributed by atoms with Crippen LogP contribution in [0, 0.1) is 0 Å². The van der Waals surface area contributed by atoms with Gasteiger partial charge in [0, 0.05) is 5.20 Å². The molecule has 0 atom stereocenters. The Hall–Kier alpha value is -0.593. The van der Waals surface area contributed by atoms with Gasteiger partial charge >= 0.3 is 0 Å². The van der Waals surface area contributed by atoms with Crippen molar-refractivity contribution < 1.29 is 4.79 Å². The Kier molecular flexibility index (Phi) is 2.37. The van der Waals surface area contributed by atoms with Crippen molar-refractivity contribution in [2.24, 2.45) is 0 Å². The molecule has 0 aliphatic carbocycles. The van der Waals surface area contributed by atoms with Crippen LogP contribution in [0.5, 0.6) is 0 Å². The van der Waals surface area contributed by atoms with E-state index in [1.165, 1.54) is 6.08 Å². The molecule has 0 bridgehead atoms. The van der Waals surface area contributed by atoms with Gasteiger partial charge in [0.2, 0.25) is 0 Å². The number of hydrogen-bond acceptors (Lipinski definition) is 1. The summed E-state index contributed by atoms with van der Waals surface area (Å²) in [5, 5.41) is 0.690. The van der Waals surface area contributed by atoms with Gasteiger partial charge in [-0.3, -0.25) is 0 Å². The average molecular weight is 98.2 g/mol. The Balaban J connectivity index is 3.86. The highest BCUT2D eigenvalue weighted by Gasteiger charge is 1.69. The van der Waals surface area contributed by atoms with Gasteiger partial charge in [-0.2, -0.15) is 0 Å². The predicted molar refractivity (Wildman–Crippen MR) is 29.3 cm³/mol. The fourth-order valence-electron chi connectivity index (χ4n) is 0.0417. The van der Waals surface area contributed by atoms with Gasteiger partial charge in [-0.1, -0.05) is 12.7 Å². The minimum atomic E-state index is 0.690. The summed E-state index contributed by atoms with van der Waals surface area (Å²) in [5.41, 5.74) is 0. The van der Waals surface area contributed by atoms with Crippen molar-refractivity contribution in [3.63, 3.8) is 0 Å². The summed E-state index contributed by atoms with van der Waals surface area (Å²) in [5.74, 6) is 1.72. The molecule has 0 aromatic heterocycles. The maximum atomic E-state index is 9.54. The lowest BCUT2D eigenvalue weighted by Crippen LogP contribution is -1.69. The Labute approximate surface area is 39.8 Å². The molecule has 6 heavy (non-hydrogen) atoms. The molecule has 0 saturated heterocycles. The maximum absolute atomic E-state index is 9.54. The van der Waals surface area contributed by atoms with E-state index in [4.69, 9.17) is 0 Å². The van der Waals surface area contributed by atoms with Crippen molar-refractivity contribution in [2.75, 3.05) is 0 Å². The van der Waals surface area contributed by atoms with Crippen molar-refractivity contribution in [3.05, 3.63) is 17.9 Å². The lowest BCUT2D eigenvalue weighted by atomic mass is 10.6. The summed E-state index contributed by atoms with van der Waals surface area (Å²) in [6.45, 7) is 3.37. The van der Waals surface area contributed by atoms with Crippen molar-refractivity contribution in [1.29, 1.82) is 0 Å². The number of carbonyl (C=O) groups excluding carboxylic acids is 1. The van der Waals surface area contributed by atoms with Gasteiger partial charge in [0.1, 0.15) is 5.94 Å². The molecule has 0 aromatic rings. The fraction of sp³-hybridized carbons (Fsp3) is 0. The minimum absolute atomic E-state index is 0.690. The summed E-state index contributed by atoms with van der Waals surface area (Å²) in [6.07, 6.45) is 1.53. The van der Waals surface area contributed by atoms with Crippen molar-refractivity contribution in [3.8, 4) is 0 Å². The Bertz CT molecular complexity index is 100. The highest BCUT2D eigenvalue weighted by Crippen LogP contribution is 1.72. The second-order valence-electron chi connectivity index (χ2n) is 0.989. The van der Waals surface area contributed by atoms with E-state index in [0.29, 0.717) is 5.20 Å². The van der Waals surface area contributed by atoms with Crippen LogP contribution < -0.4 is 0 Å². The predicted octanol–water partition coefficient (Wildman–Crippen LogP) is -0.747. The molecule has 0 N–H and O–H groups in total. The smallest absolute Gasteiger partial charge is 0.122 e. The zero-order chi connectivity index (χ0) is 4.99. The molecular formula is C4H6OSi. The zero-order valence-electron chi connectivity index (χ0n) is 3.69. The summed E-state index contributed by atoms with van der Waals surface area (Å²) < 4.78 is 0. The quantitative estimate of drug-likeness (QED) is 0.240. The third-order valence-electron chi connectivity index (χ3n) is 0.467. The Morgan fingerprint density at radius 3 is 2.50 bits per heavy atom. The van der Waals surface area contributed by atoms with Gasteiger partial charge in [0.25, 0.3) is 0 Å². The molecule has 0 heterocycles. The summed E-state index contributed by atoms with van der Waals surface area (Å²) >= 11 is 0. The Morgan fingerprint density at radius 1 is 2.00 bits per heavy atom. The maximum Gasteiger partial charge on any atom is 0.122 e. The molecule has 0 amide bonds. The van der Waals surface area contributed by atoms with Crippen LogP contribution in [0.4, 0.5) is 0 Å². The number of hydrogen-bond donors (Lipinski definition) is 0. The van der Waals surface area contributed by atoms with Crippen LogP contribution in [0.25, 0.3) is 0 Å². The summed E-state index contributed by atoms with van der Waals surface area (Å²) in [4.78, 5) is 9.54. The van der Waals surface area contributed by atoms with Gasteiger partial charge in [-0.05, 0) is 0 Å². The van der Waals surface area contributed by atoms with E-state index in [-0.39, 0.29) is 0 Å². The zero-order valence-corrected chi connectivity index (χ0v) is 5.69. The van der Waals surface area contributed by atoms with Crippen LogP contribution in [-0.2, 0) is 4.79 Å². The van der Waals surface area contributed by atoms with Crippen molar-refractivity contribution in [1.82, 2.24) is 0 Å². The third-order valence-corrected chi connectivity index (χ3v) is 1.08. The molecule has 0 spiro atoms. The van der Waals surface area contributed by atoms with Gasteiger partial charge in [-0.15, -0.1) is 0 Å². The van der Waals surface area contributed by atoms with E-state index in [2.05, 4.69) is 6.58 Å². The average Bonchev–Trinajstić information content (AvgIpc) is 1.65. The first-order valence-corrected chi connectivity index (χ1v) is 2.65.